The summed E-state index contributed by atoms with van der Waals surface area (Å²) in [4.78, 5) is 27.1. The summed E-state index contributed by atoms with van der Waals surface area (Å²) in [7, 11) is 0. The quantitative estimate of drug-likeness (QED) is 0.697. The summed E-state index contributed by atoms with van der Waals surface area (Å²) in [6.45, 7) is 4.81. The number of likely N-dealkylation sites (tertiary alicyclic amines) is 1. The number of carbonyl (C=O) groups excluding carboxylic acids is 2. The fourth-order valence-electron chi connectivity index (χ4n) is 3.89. The fraction of sp³-hybridized carbons (Fsp3) is 0.435. The standard InChI is InChI=1S/C23H27N3O5/c1-3-29-23(28)20-15(2)31-22(25)17(13-24)21(20)16-9-5-6-10-18(16)30-14-19(27)26-11-7-4-8-12-26/h5-6,9-10,21H,3-4,7-8,11-12,14,25H2,1-2H3. The second kappa shape index (κ2) is 10.0. The maximum absolute atomic E-state index is 12.7. The lowest BCUT2D eigenvalue weighted by molar-refractivity contribution is -0.139. The van der Waals surface area contributed by atoms with Crippen LogP contribution in [-0.4, -0.2) is 43.1 Å². The predicted octanol–water partition coefficient (Wildman–Crippen LogP) is 2.72. The molecule has 2 heterocycles. The SMILES string of the molecule is CCOC(=O)C1=C(C)OC(N)=C(C#N)C1c1ccccc1OCC(=O)N1CCCCC1. The van der Waals surface area contributed by atoms with E-state index in [0.29, 0.717) is 11.3 Å². The van der Waals surface area contributed by atoms with Gasteiger partial charge in [0.2, 0.25) is 5.88 Å². The number of allylic oxidation sites excluding steroid dienone is 2. The monoisotopic (exact) mass is 425 g/mol. The van der Waals surface area contributed by atoms with Crippen molar-refractivity contribution in [2.45, 2.75) is 39.0 Å². The highest BCUT2D eigenvalue weighted by Crippen LogP contribution is 2.42. The highest BCUT2D eigenvalue weighted by Gasteiger charge is 2.37. The van der Waals surface area contributed by atoms with E-state index in [1.165, 1.54) is 0 Å². The third-order valence-electron chi connectivity index (χ3n) is 5.39. The zero-order valence-electron chi connectivity index (χ0n) is 17.8. The van der Waals surface area contributed by atoms with Crippen LogP contribution in [0.2, 0.25) is 0 Å². The van der Waals surface area contributed by atoms with E-state index in [9.17, 15) is 14.9 Å². The second-order valence-corrected chi connectivity index (χ2v) is 7.38. The van der Waals surface area contributed by atoms with E-state index in [1.807, 2.05) is 0 Å². The minimum absolute atomic E-state index is 0.0720. The van der Waals surface area contributed by atoms with Gasteiger partial charge in [0, 0.05) is 18.7 Å². The molecule has 0 bridgehead atoms. The number of piperidine rings is 1. The molecule has 2 aliphatic rings. The maximum Gasteiger partial charge on any atom is 0.338 e. The van der Waals surface area contributed by atoms with Crippen molar-refractivity contribution in [3.8, 4) is 11.8 Å². The largest absolute Gasteiger partial charge is 0.483 e. The van der Waals surface area contributed by atoms with E-state index in [-0.39, 0.29) is 41.9 Å². The number of amides is 1. The Labute approximate surface area is 181 Å². The lowest BCUT2D eigenvalue weighted by Crippen LogP contribution is -2.38. The Bertz CT molecular complexity index is 954. The van der Waals surface area contributed by atoms with Gasteiger partial charge in [-0.1, -0.05) is 18.2 Å². The third-order valence-corrected chi connectivity index (χ3v) is 5.39. The summed E-state index contributed by atoms with van der Waals surface area (Å²) < 4.78 is 16.5. The van der Waals surface area contributed by atoms with Crippen LogP contribution < -0.4 is 10.5 Å². The molecule has 1 aromatic rings. The van der Waals surface area contributed by atoms with Crippen molar-refractivity contribution in [1.82, 2.24) is 4.90 Å². The zero-order chi connectivity index (χ0) is 22.4. The summed E-state index contributed by atoms with van der Waals surface area (Å²) >= 11 is 0. The molecular weight excluding hydrogens is 398 g/mol. The number of carbonyl (C=O) groups is 2. The summed E-state index contributed by atoms with van der Waals surface area (Å²) in [6.07, 6.45) is 3.12. The van der Waals surface area contributed by atoms with Crippen molar-refractivity contribution in [1.29, 1.82) is 5.26 Å². The van der Waals surface area contributed by atoms with Gasteiger partial charge in [0.25, 0.3) is 5.91 Å². The van der Waals surface area contributed by atoms with E-state index in [4.69, 9.17) is 19.9 Å². The number of rotatable bonds is 6. The van der Waals surface area contributed by atoms with E-state index in [2.05, 4.69) is 6.07 Å². The number of benzene rings is 1. The summed E-state index contributed by atoms with van der Waals surface area (Å²) in [5.41, 5.74) is 6.78. The van der Waals surface area contributed by atoms with E-state index < -0.39 is 11.9 Å². The number of nitrogens with two attached hydrogens (primary N) is 1. The Morgan fingerprint density at radius 1 is 1.26 bits per heavy atom. The molecule has 3 rings (SSSR count). The molecule has 1 fully saturated rings. The summed E-state index contributed by atoms with van der Waals surface area (Å²) in [6, 6.07) is 9.04. The van der Waals surface area contributed by atoms with Gasteiger partial charge in [0.15, 0.2) is 6.61 Å². The van der Waals surface area contributed by atoms with Gasteiger partial charge < -0.3 is 24.8 Å². The Morgan fingerprint density at radius 3 is 2.65 bits per heavy atom. The molecule has 8 nitrogen and oxygen atoms in total. The molecule has 164 valence electrons. The normalized spacial score (nSPS) is 18.9. The van der Waals surface area contributed by atoms with Crippen LogP contribution in [0.4, 0.5) is 0 Å². The molecule has 0 radical (unpaired) electrons. The topological polar surface area (TPSA) is 115 Å². The van der Waals surface area contributed by atoms with Crippen LogP contribution in [0.25, 0.3) is 0 Å². The number of para-hydroxylation sites is 1. The molecule has 1 amide bonds. The first-order valence-electron chi connectivity index (χ1n) is 10.4. The van der Waals surface area contributed by atoms with Crippen molar-refractivity contribution in [3.05, 3.63) is 52.6 Å². The molecule has 0 aromatic heterocycles. The van der Waals surface area contributed by atoms with Crippen LogP contribution in [0, 0.1) is 11.3 Å². The van der Waals surface area contributed by atoms with Gasteiger partial charge in [-0.15, -0.1) is 0 Å². The molecule has 0 spiro atoms. The smallest absolute Gasteiger partial charge is 0.338 e. The first-order valence-corrected chi connectivity index (χ1v) is 10.4. The van der Waals surface area contributed by atoms with Crippen LogP contribution in [0.1, 0.15) is 44.6 Å². The van der Waals surface area contributed by atoms with Gasteiger partial charge in [-0.2, -0.15) is 5.26 Å². The summed E-state index contributed by atoms with van der Waals surface area (Å²) in [5.74, 6) is -0.913. The predicted molar refractivity (Wildman–Crippen MR) is 112 cm³/mol. The first kappa shape index (κ1) is 22.2. The molecule has 2 N–H and O–H groups in total. The lowest BCUT2D eigenvalue weighted by atomic mass is 9.82. The van der Waals surface area contributed by atoms with Crippen molar-refractivity contribution in [3.63, 3.8) is 0 Å². The minimum Gasteiger partial charge on any atom is -0.483 e. The van der Waals surface area contributed by atoms with Crippen LogP contribution >= 0.6 is 0 Å². The van der Waals surface area contributed by atoms with Gasteiger partial charge in [-0.3, -0.25) is 4.79 Å². The van der Waals surface area contributed by atoms with E-state index >= 15 is 0 Å². The maximum atomic E-state index is 12.7. The Balaban J connectivity index is 1.93. The number of ether oxygens (including phenoxy) is 3. The number of nitrogens with zero attached hydrogens (tertiary/aromatic N) is 2. The van der Waals surface area contributed by atoms with Gasteiger partial charge >= 0.3 is 5.97 Å². The molecule has 0 saturated carbocycles. The molecular formula is C23H27N3O5. The number of esters is 1. The van der Waals surface area contributed by atoms with Crippen LogP contribution in [0.5, 0.6) is 5.75 Å². The number of hydrogen-bond donors (Lipinski definition) is 1. The minimum atomic E-state index is -0.820. The molecule has 0 aliphatic carbocycles. The first-order chi connectivity index (χ1) is 15.0. The van der Waals surface area contributed by atoms with Gasteiger partial charge in [-0.25, -0.2) is 4.79 Å². The van der Waals surface area contributed by atoms with Crippen molar-refractivity contribution in [2.24, 2.45) is 5.73 Å². The molecule has 8 heteroatoms. The molecule has 1 aromatic carbocycles. The Hall–Kier alpha value is -3.47. The highest BCUT2D eigenvalue weighted by atomic mass is 16.5. The average Bonchev–Trinajstić information content (AvgIpc) is 2.78. The van der Waals surface area contributed by atoms with Gasteiger partial charge in [-0.05, 0) is 39.2 Å². The Kier molecular flexibility index (Phi) is 7.19. The molecule has 1 atom stereocenters. The van der Waals surface area contributed by atoms with Crippen molar-refractivity contribution >= 4 is 11.9 Å². The lowest BCUT2D eigenvalue weighted by Gasteiger charge is -2.29. The fourth-order valence-corrected chi connectivity index (χ4v) is 3.89. The highest BCUT2D eigenvalue weighted by molar-refractivity contribution is 5.92. The molecule has 1 saturated heterocycles. The van der Waals surface area contributed by atoms with Crippen LogP contribution in [0.15, 0.2) is 47.1 Å². The van der Waals surface area contributed by atoms with E-state index in [0.717, 1.165) is 32.4 Å². The van der Waals surface area contributed by atoms with Gasteiger partial charge in [0.05, 0.1) is 18.1 Å². The number of hydrogen-bond acceptors (Lipinski definition) is 7. The zero-order valence-corrected chi connectivity index (χ0v) is 17.8. The van der Waals surface area contributed by atoms with Crippen LogP contribution in [-0.2, 0) is 19.1 Å². The third kappa shape index (κ3) is 4.82. The van der Waals surface area contributed by atoms with Crippen molar-refractivity contribution < 1.29 is 23.8 Å². The molecule has 2 aliphatic heterocycles. The van der Waals surface area contributed by atoms with Gasteiger partial charge in [0.1, 0.15) is 23.2 Å². The van der Waals surface area contributed by atoms with Crippen molar-refractivity contribution in [2.75, 3.05) is 26.3 Å². The summed E-state index contributed by atoms with van der Waals surface area (Å²) in [5, 5.41) is 9.74. The average molecular weight is 425 g/mol. The second-order valence-electron chi connectivity index (χ2n) is 7.38. The molecule has 31 heavy (non-hydrogen) atoms. The van der Waals surface area contributed by atoms with E-state index in [1.54, 1.807) is 43.0 Å². The number of nitriles is 1. The molecule has 1 unspecified atom stereocenters. The Morgan fingerprint density at radius 2 is 1.97 bits per heavy atom. The van der Waals surface area contributed by atoms with Crippen LogP contribution in [0.3, 0.4) is 0 Å².